The van der Waals surface area contributed by atoms with Crippen LogP contribution in [0.3, 0.4) is 0 Å². The van der Waals surface area contributed by atoms with Crippen LogP contribution in [-0.2, 0) is 0 Å². The summed E-state index contributed by atoms with van der Waals surface area (Å²) in [6.45, 7) is 5.28. The van der Waals surface area contributed by atoms with Gasteiger partial charge in [-0.1, -0.05) is 6.92 Å². The van der Waals surface area contributed by atoms with Crippen LogP contribution in [0.15, 0.2) is 10.2 Å². The molecule has 1 heterocycles. The highest BCUT2D eigenvalue weighted by Crippen LogP contribution is 2.06. The van der Waals surface area contributed by atoms with E-state index in [1.807, 2.05) is 0 Å². The van der Waals surface area contributed by atoms with Crippen molar-refractivity contribution in [3.63, 3.8) is 0 Å². The third kappa shape index (κ3) is 3.42. The van der Waals surface area contributed by atoms with Gasteiger partial charge in [0.2, 0.25) is 5.96 Å². The van der Waals surface area contributed by atoms with Crippen molar-refractivity contribution in [3.8, 4) is 0 Å². The molecule has 0 aliphatic carbocycles. The quantitative estimate of drug-likeness (QED) is 0.359. The molecule has 0 aromatic rings. The first-order valence-corrected chi connectivity index (χ1v) is 4.59. The summed E-state index contributed by atoms with van der Waals surface area (Å²) in [7, 11) is 0. The monoisotopic (exact) mass is 183 g/mol. The van der Waals surface area contributed by atoms with Gasteiger partial charge in [0, 0.05) is 19.5 Å². The molecule has 0 aromatic carbocycles. The maximum absolute atomic E-state index is 5.17. The van der Waals surface area contributed by atoms with Crippen LogP contribution in [0.2, 0.25) is 0 Å². The van der Waals surface area contributed by atoms with E-state index < -0.39 is 0 Å². The van der Waals surface area contributed by atoms with Gasteiger partial charge in [-0.25, -0.2) is 0 Å². The second-order valence-electron chi connectivity index (χ2n) is 3.22. The fraction of sp³-hybridized carbons (Fsp3) is 0.750. The summed E-state index contributed by atoms with van der Waals surface area (Å²) in [5.74, 6) is 0.0291. The zero-order chi connectivity index (χ0) is 9.68. The van der Waals surface area contributed by atoms with Gasteiger partial charge in [-0.3, -0.25) is 4.90 Å². The van der Waals surface area contributed by atoms with Crippen LogP contribution in [-0.4, -0.2) is 36.2 Å². The molecule has 0 bridgehead atoms. The normalized spacial score (nSPS) is 20.8. The van der Waals surface area contributed by atoms with E-state index in [2.05, 4.69) is 22.0 Å². The Labute approximate surface area is 78.5 Å². The fourth-order valence-corrected chi connectivity index (χ4v) is 1.42. The van der Waals surface area contributed by atoms with Gasteiger partial charge >= 0.3 is 0 Å². The van der Waals surface area contributed by atoms with E-state index in [0.29, 0.717) is 0 Å². The molecule has 1 rings (SSSR count). The van der Waals surface area contributed by atoms with Crippen LogP contribution in [0.1, 0.15) is 19.8 Å². The number of guanidine groups is 1. The van der Waals surface area contributed by atoms with Crippen molar-refractivity contribution in [2.45, 2.75) is 19.8 Å². The highest BCUT2D eigenvalue weighted by molar-refractivity contribution is 5.89. The third-order valence-corrected chi connectivity index (χ3v) is 1.97. The molecule has 5 heteroatoms. The first-order chi connectivity index (χ1) is 6.22. The van der Waals surface area contributed by atoms with Gasteiger partial charge in [-0.2, -0.15) is 5.10 Å². The Hall–Kier alpha value is -1.10. The second kappa shape index (κ2) is 4.81. The average molecular weight is 183 g/mol. The Balaban J connectivity index is 2.40. The van der Waals surface area contributed by atoms with Crippen LogP contribution in [0, 0.1) is 0 Å². The molecule has 0 atom stereocenters. The van der Waals surface area contributed by atoms with Gasteiger partial charge in [-0.15, -0.1) is 5.10 Å². The van der Waals surface area contributed by atoms with Crippen molar-refractivity contribution < 1.29 is 0 Å². The lowest BCUT2D eigenvalue weighted by atomic mass is 10.3. The summed E-state index contributed by atoms with van der Waals surface area (Å²) in [5, 5.41) is 7.60. The molecule has 0 unspecified atom stereocenters. The summed E-state index contributed by atoms with van der Waals surface area (Å²) in [6, 6.07) is 0. The predicted molar refractivity (Wildman–Crippen MR) is 54.6 cm³/mol. The summed E-state index contributed by atoms with van der Waals surface area (Å²) >= 11 is 0. The van der Waals surface area contributed by atoms with Gasteiger partial charge in [0.05, 0.1) is 5.71 Å². The molecule has 13 heavy (non-hydrogen) atoms. The first-order valence-electron chi connectivity index (χ1n) is 4.59. The molecular weight excluding hydrogens is 166 g/mol. The Bertz CT molecular complexity index is 217. The summed E-state index contributed by atoms with van der Waals surface area (Å²) in [4.78, 5) is 2.35. The molecule has 1 fully saturated rings. The Morgan fingerprint density at radius 2 is 2.31 bits per heavy atom. The molecule has 74 valence electrons. The Morgan fingerprint density at radius 1 is 1.54 bits per heavy atom. The molecule has 1 aliphatic heterocycles. The van der Waals surface area contributed by atoms with Crippen LogP contribution < -0.4 is 11.5 Å². The van der Waals surface area contributed by atoms with Crippen molar-refractivity contribution in [2.24, 2.45) is 21.7 Å². The van der Waals surface area contributed by atoms with E-state index in [9.17, 15) is 0 Å². The van der Waals surface area contributed by atoms with E-state index >= 15 is 0 Å². The minimum atomic E-state index is 0.0291. The summed E-state index contributed by atoms with van der Waals surface area (Å²) < 4.78 is 0. The van der Waals surface area contributed by atoms with Crippen LogP contribution in [0.25, 0.3) is 0 Å². The largest absolute Gasteiger partial charge is 0.369 e. The molecule has 0 spiro atoms. The van der Waals surface area contributed by atoms with Crippen molar-refractivity contribution in [1.29, 1.82) is 0 Å². The van der Waals surface area contributed by atoms with Crippen molar-refractivity contribution >= 4 is 11.7 Å². The molecular formula is C8H17N5. The van der Waals surface area contributed by atoms with Gasteiger partial charge in [0.1, 0.15) is 0 Å². The van der Waals surface area contributed by atoms with Crippen LogP contribution in [0.4, 0.5) is 0 Å². The molecule has 0 saturated carbocycles. The number of rotatable bonds is 3. The Kier molecular flexibility index (Phi) is 3.70. The SMILES string of the molecule is CCCN1CC/C(=N/N=C(N)N)C1. The van der Waals surface area contributed by atoms with E-state index in [1.54, 1.807) is 0 Å². The fourth-order valence-electron chi connectivity index (χ4n) is 1.42. The van der Waals surface area contributed by atoms with Crippen LogP contribution in [0.5, 0.6) is 0 Å². The number of hydrogen-bond acceptors (Lipinski definition) is 3. The zero-order valence-electron chi connectivity index (χ0n) is 8.03. The lowest BCUT2D eigenvalue weighted by Gasteiger charge is -2.10. The molecule has 0 aromatic heterocycles. The zero-order valence-corrected chi connectivity index (χ0v) is 8.03. The lowest BCUT2D eigenvalue weighted by Crippen LogP contribution is -2.23. The predicted octanol–water partition coefficient (Wildman–Crippen LogP) is -0.268. The highest BCUT2D eigenvalue weighted by atomic mass is 15.3. The first kappa shape index (κ1) is 9.98. The smallest absolute Gasteiger partial charge is 0.211 e. The van der Waals surface area contributed by atoms with E-state index in [1.165, 1.54) is 6.42 Å². The minimum absolute atomic E-state index is 0.0291. The molecule has 1 aliphatic rings. The number of nitrogens with zero attached hydrogens (tertiary/aromatic N) is 3. The van der Waals surface area contributed by atoms with Gasteiger partial charge < -0.3 is 11.5 Å². The molecule has 0 radical (unpaired) electrons. The summed E-state index contributed by atoms with van der Waals surface area (Å²) in [6.07, 6.45) is 2.16. The standard InChI is InChI=1S/C8H17N5/c1-2-4-13-5-3-7(6-13)11-12-8(9)10/h2-6H2,1H3,(H4,9,10,12)/b11-7-. The number of likely N-dealkylation sites (tertiary alicyclic amines) is 1. The second-order valence-corrected chi connectivity index (χ2v) is 3.22. The van der Waals surface area contributed by atoms with E-state index in [-0.39, 0.29) is 5.96 Å². The van der Waals surface area contributed by atoms with E-state index in [4.69, 9.17) is 11.5 Å². The topological polar surface area (TPSA) is 80.0 Å². The van der Waals surface area contributed by atoms with Gasteiger partial charge in [0.15, 0.2) is 0 Å². The molecule has 1 saturated heterocycles. The van der Waals surface area contributed by atoms with Gasteiger partial charge in [-0.05, 0) is 13.0 Å². The highest BCUT2D eigenvalue weighted by Gasteiger charge is 2.16. The molecule has 4 N–H and O–H groups in total. The maximum atomic E-state index is 5.17. The third-order valence-electron chi connectivity index (χ3n) is 1.97. The summed E-state index contributed by atoms with van der Waals surface area (Å²) in [5.41, 5.74) is 11.4. The Morgan fingerprint density at radius 3 is 2.92 bits per heavy atom. The lowest BCUT2D eigenvalue weighted by molar-refractivity contribution is 0.349. The van der Waals surface area contributed by atoms with Crippen LogP contribution >= 0.6 is 0 Å². The van der Waals surface area contributed by atoms with Gasteiger partial charge in [0.25, 0.3) is 0 Å². The van der Waals surface area contributed by atoms with Crippen molar-refractivity contribution in [1.82, 2.24) is 4.90 Å². The molecule has 0 amide bonds. The number of hydrogen-bond donors (Lipinski definition) is 2. The van der Waals surface area contributed by atoms with Crippen molar-refractivity contribution in [3.05, 3.63) is 0 Å². The van der Waals surface area contributed by atoms with E-state index in [0.717, 1.165) is 31.8 Å². The van der Waals surface area contributed by atoms with Crippen molar-refractivity contribution in [2.75, 3.05) is 19.6 Å². The maximum Gasteiger partial charge on any atom is 0.211 e. The molecule has 5 nitrogen and oxygen atoms in total. The number of nitrogens with two attached hydrogens (primary N) is 2. The minimum Gasteiger partial charge on any atom is -0.369 e. The average Bonchev–Trinajstić information content (AvgIpc) is 2.50.